The summed E-state index contributed by atoms with van der Waals surface area (Å²) in [6.07, 6.45) is 3.48. The van der Waals surface area contributed by atoms with Gasteiger partial charge in [0.05, 0.1) is 11.1 Å². The fraction of sp³-hybridized carbons (Fsp3) is 0.308. The molecule has 0 radical (unpaired) electrons. The van der Waals surface area contributed by atoms with Crippen molar-refractivity contribution in [2.24, 2.45) is 5.92 Å². The Bertz CT molecular complexity index is 725. The Kier molecular flexibility index (Phi) is 4.00. The third-order valence-electron chi connectivity index (χ3n) is 3.28. The molecule has 0 aliphatic heterocycles. The zero-order chi connectivity index (χ0) is 15.0. The fourth-order valence-electron chi connectivity index (χ4n) is 2.13. The highest BCUT2D eigenvalue weighted by atomic mass is 35.5. The molecule has 21 heavy (non-hydrogen) atoms. The Morgan fingerprint density at radius 2 is 2.19 bits per heavy atom. The second-order valence-electron chi connectivity index (χ2n) is 4.86. The van der Waals surface area contributed by atoms with Gasteiger partial charge >= 0.3 is 0 Å². The monoisotopic (exact) mass is 346 g/mol. The molecule has 3 rings (SSSR count). The Labute approximate surface area is 131 Å². The van der Waals surface area contributed by atoms with Crippen molar-refractivity contribution in [1.29, 1.82) is 0 Å². The number of hydrogen-bond donors (Lipinski definition) is 1. The predicted octanol–water partition coefficient (Wildman–Crippen LogP) is 3.37. The molecule has 0 amide bonds. The van der Waals surface area contributed by atoms with Gasteiger partial charge in [0.15, 0.2) is 0 Å². The Morgan fingerprint density at radius 3 is 2.76 bits per heavy atom. The van der Waals surface area contributed by atoms with E-state index in [1.165, 1.54) is 23.5 Å². The van der Waals surface area contributed by atoms with Gasteiger partial charge in [-0.3, -0.25) is 0 Å². The number of hydrogen-bond acceptors (Lipinski definition) is 4. The number of aromatic nitrogens is 1. The van der Waals surface area contributed by atoms with E-state index in [9.17, 15) is 12.8 Å². The summed E-state index contributed by atoms with van der Waals surface area (Å²) in [5.41, 5.74) is 0. The first-order valence-electron chi connectivity index (χ1n) is 6.35. The molecule has 1 aromatic carbocycles. The SMILES string of the molecule is O=S(=O)(N[C@H](c1nccs1)C1CC1)c1c(F)cccc1Cl. The molecule has 1 fully saturated rings. The standard InChI is InChI=1S/C13H12ClFN2O2S2/c14-9-2-1-3-10(15)12(9)21(18,19)17-11(8-4-5-8)13-16-6-7-20-13/h1-3,6-8,11,17H,4-5H2/t11-/m0/s1. The van der Waals surface area contributed by atoms with Gasteiger partial charge in [-0.25, -0.2) is 22.5 Å². The number of rotatable bonds is 5. The maximum Gasteiger partial charge on any atom is 0.245 e. The van der Waals surface area contributed by atoms with Crippen LogP contribution in [0.3, 0.4) is 0 Å². The summed E-state index contributed by atoms with van der Waals surface area (Å²) in [6.45, 7) is 0. The van der Waals surface area contributed by atoms with Gasteiger partial charge in [0, 0.05) is 11.6 Å². The van der Waals surface area contributed by atoms with Crippen molar-refractivity contribution in [1.82, 2.24) is 9.71 Å². The van der Waals surface area contributed by atoms with Crippen molar-refractivity contribution in [2.75, 3.05) is 0 Å². The van der Waals surface area contributed by atoms with Crippen LogP contribution in [0, 0.1) is 11.7 Å². The van der Waals surface area contributed by atoms with Gasteiger partial charge in [-0.05, 0) is 30.9 Å². The minimum atomic E-state index is -4.04. The molecule has 1 aliphatic rings. The van der Waals surface area contributed by atoms with E-state index in [1.807, 2.05) is 0 Å². The molecule has 0 saturated heterocycles. The molecule has 0 unspecified atom stereocenters. The Morgan fingerprint density at radius 1 is 1.43 bits per heavy atom. The van der Waals surface area contributed by atoms with Crippen LogP contribution < -0.4 is 4.72 Å². The van der Waals surface area contributed by atoms with Gasteiger partial charge in [0.25, 0.3) is 0 Å². The van der Waals surface area contributed by atoms with E-state index in [0.29, 0.717) is 5.01 Å². The Hall–Kier alpha value is -1.02. The summed E-state index contributed by atoms with van der Waals surface area (Å²) in [7, 11) is -4.04. The van der Waals surface area contributed by atoms with Crippen LogP contribution in [0.15, 0.2) is 34.7 Å². The molecule has 112 valence electrons. The maximum atomic E-state index is 13.8. The molecule has 0 spiro atoms. The number of sulfonamides is 1. The van der Waals surface area contributed by atoms with Gasteiger partial charge in [-0.2, -0.15) is 0 Å². The number of thiazole rings is 1. The normalized spacial score (nSPS) is 16.9. The molecule has 4 nitrogen and oxygen atoms in total. The van der Waals surface area contributed by atoms with Crippen molar-refractivity contribution in [3.8, 4) is 0 Å². The lowest BCUT2D eigenvalue weighted by molar-refractivity contribution is 0.518. The van der Waals surface area contributed by atoms with E-state index < -0.39 is 26.8 Å². The lowest BCUT2D eigenvalue weighted by Gasteiger charge is -2.17. The molecule has 1 N–H and O–H groups in total. The largest absolute Gasteiger partial charge is 0.248 e. The lowest BCUT2D eigenvalue weighted by atomic mass is 10.2. The lowest BCUT2D eigenvalue weighted by Crippen LogP contribution is -2.30. The van der Waals surface area contributed by atoms with E-state index in [0.717, 1.165) is 18.9 Å². The summed E-state index contributed by atoms with van der Waals surface area (Å²) in [6, 6.07) is 3.38. The molecular formula is C13H12ClFN2O2S2. The van der Waals surface area contributed by atoms with Crippen LogP contribution in [0.5, 0.6) is 0 Å². The van der Waals surface area contributed by atoms with Gasteiger partial charge in [-0.1, -0.05) is 17.7 Å². The first kappa shape index (κ1) is 14.9. The highest BCUT2D eigenvalue weighted by Gasteiger charge is 2.38. The second kappa shape index (κ2) is 5.64. The van der Waals surface area contributed by atoms with Crippen LogP contribution in [0.25, 0.3) is 0 Å². The van der Waals surface area contributed by atoms with Crippen molar-refractivity contribution in [3.63, 3.8) is 0 Å². The van der Waals surface area contributed by atoms with Crippen LogP contribution in [0.1, 0.15) is 23.9 Å². The van der Waals surface area contributed by atoms with E-state index in [4.69, 9.17) is 11.6 Å². The van der Waals surface area contributed by atoms with Crippen LogP contribution in [0.4, 0.5) is 4.39 Å². The molecule has 8 heteroatoms. The second-order valence-corrected chi connectivity index (χ2v) is 7.84. The summed E-state index contributed by atoms with van der Waals surface area (Å²) >= 11 is 7.22. The van der Waals surface area contributed by atoms with Gasteiger partial charge < -0.3 is 0 Å². The summed E-state index contributed by atoms with van der Waals surface area (Å²) < 4.78 is 41.3. The zero-order valence-electron chi connectivity index (χ0n) is 10.8. The van der Waals surface area contributed by atoms with Gasteiger partial charge in [0.1, 0.15) is 15.7 Å². The average molecular weight is 347 g/mol. The van der Waals surface area contributed by atoms with E-state index in [2.05, 4.69) is 9.71 Å². The molecule has 1 aromatic heterocycles. The number of nitrogens with zero attached hydrogens (tertiary/aromatic N) is 1. The summed E-state index contributed by atoms with van der Waals surface area (Å²) in [4.78, 5) is 3.66. The van der Waals surface area contributed by atoms with E-state index in [-0.39, 0.29) is 10.9 Å². The van der Waals surface area contributed by atoms with Crippen molar-refractivity contribution in [3.05, 3.63) is 45.6 Å². The highest BCUT2D eigenvalue weighted by Crippen LogP contribution is 2.42. The van der Waals surface area contributed by atoms with Crippen LogP contribution >= 0.6 is 22.9 Å². The summed E-state index contributed by atoms with van der Waals surface area (Å²) in [5.74, 6) is -0.653. The molecule has 2 aromatic rings. The molecule has 1 aliphatic carbocycles. The third-order valence-corrected chi connectivity index (χ3v) is 6.08. The fourth-order valence-corrected chi connectivity index (χ4v) is 4.86. The average Bonchev–Trinajstić information content (AvgIpc) is 3.10. The minimum absolute atomic E-state index is 0.129. The molecular weight excluding hydrogens is 335 g/mol. The summed E-state index contributed by atoms with van der Waals surface area (Å²) in [5, 5.41) is 2.35. The van der Waals surface area contributed by atoms with Crippen molar-refractivity contribution >= 4 is 33.0 Å². The van der Waals surface area contributed by atoms with E-state index in [1.54, 1.807) is 11.6 Å². The first-order valence-corrected chi connectivity index (χ1v) is 9.09. The number of halogens is 2. The van der Waals surface area contributed by atoms with Gasteiger partial charge in [-0.15, -0.1) is 11.3 Å². The number of benzene rings is 1. The van der Waals surface area contributed by atoms with Crippen molar-refractivity contribution < 1.29 is 12.8 Å². The van der Waals surface area contributed by atoms with E-state index >= 15 is 0 Å². The topological polar surface area (TPSA) is 59.1 Å². The smallest absolute Gasteiger partial charge is 0.245 e. The highest BCUT2D eigenvalue weighted by molar-refractivity contribution is 7.89. The maximum absolute atomic E-state index is 13.8. The first-order chi connectivity index (χ1) is 9.99. The van der Waals surface area contributed by atoms with Gasteiger partial charge in [0.2, 0.25) is 10.0 Å². The zero-order valence-corrected chi connectivity index (χ0v) is 13.2. The molecule has 1 atom stereocenters. The molecule has 0 bridgehead atoms. The minimum Gasteiger partial charge on any atom is -0.248 e. The van der Waals surface area contributed by atoms with Crippen molar-refractivity contribution in [2.45, 2.75) is 23.8 Å². The number of nitrogens with one attached hydrogen (secondary N) is 1. The predicted molar refractivity (Wildman–Crippen MR) is 79.3 cm³/mol. The molecule has 1 heterocycles. The molecule has 1 saturated carbocycles. The van der Waals surface area contributed by atoms with Crippen LogP contribution in [-0.4, -0.2) is 13.4 Å². The van der Waals surface area contributed by atoms with Crippen LogP contribution in [0.2, 0.25) is 5.02 Å². The van der Waals surface area contributed by atoms with Crippen LogP contribution in [-0.2, 0) is 10.0 Å². The quantitative estimate of drug-likeness (QED) is 0.903. The Balaban J connectivity index is 1.95. The third kappa shape index (κ3) is 3.11.